The Morgan fingerprint density at radius 1 is 1.33 bits per heavy atom. The Bertz CT molecular complexity index is 542. The van der Waals surface area contributed by atoms with Crippen molar-refractivity contribution in [2.24, 2.45) is 0 Å². The molecule has 2 heterocycles. The fourth-order valence-corrected chi connectivity index (χ4v) is 1.85. The summed E-state index contributed by atoms with van der Waals surface area (Å²) in [7, 11) is 0. The van der Waals surface area contributed by atoms with E-state index in [2.05, 4.69) is 43.1 Å². The lowest BCUT2D eigenvalue weighted by molar-refractivity contribution is 0.962. The van der Waals surface area contributed by atoms with Crippen LogP contribution < -0.4 is 5.32 Å². The van der Waals surface area contributed by atoms with Crippen molar-refractivity contribution in [2.75, 3.05) is 11.9 Å². The minimum Gasteiger partial charge on any atom is -0.369 e. The van der Waals surface area contributed by atoms with Gasteiger partial charge < -0.3 is 5.32 Å². The van der Waals surface area contributed by atoms with Gasteiger partial charge in [-0.3, -0.25) is 4.98 Å². The van der Waals surface area contributed by atoms with Gasteiger partial charge in [-0.15, -0.1) is 0 Å². The Morgan fingerprint density at radius 2 is 2.17 bits per heavy atom. The van der Waals surface area contributed by atoms with Crippen LogP contribution in [0.15, 0.2) is 29.0 Å². The fourth-order valence-electron chi connectivity index (χ4n) is 1.52. The summed E-state index contributed by atoms with van der Waals surface area (Å²) in [6.45, 7) is 5.03. The normalized spacial score (nSPS) is 10.4. The predicted octanol–water partition coefficient (Wildman–Crippen LogP) is 3.43. The minimum absolute atomic E-state index is 0.639. The van der Waals surface area contributed by atoms with Gasteiger partial charge >= 0.3 is 0 Å². The van der Waals surface area contributed by atoms with E-state index in [1.54, 1.807) is 12.4 Å². The van der Waals surface area contributed by atoms with Gasteiger partial charge in [0.1, 0.15) is 11.5 Å². The summed E-state index contributed by atoms with van der Waals surface area (Å²) in [5.74, 6) is 1.45. The first-order valence-electron chi connectivity index (χ1n) is 5.90. The van der Waals surface area contributed by atoms with E-state index < -0.39 is 0 Å². The molecule has 4 nitrogen and oxygen atoms in total. The molecule has 0 atom stereocenters. The summed E-state index contributed by atoms with van der Waals surface area (Å²) >= 11 is 3.44. The monoisotopic (exact) mass is 306 g/mol. The molecule has 0 saturated carbocycles. The molecule has 0 aliphatic rings. The summed E-state index contributed by atoms with van der Waals surface area (Å²) in [5, 5.41) is 3.26. The minimum atomic E-state index is 0.639. The third-order valence-electron chi connectivity index (χ3n) is 2.43. The van der Waals surface area contributed by atoms with Crippen molar-refractivity contribution in [1.82, 2.24) is 15.0 Å². The first-order chi connectivity index (χ1) is 8.70. The van der Waals surface area contributed by atoms with Crippen LogP contribution in [-0.4, -0.2) is 21.5 Å². The molecule has 5 heteroatoms. The van der Waals surface area contributed by atoms with Crippen LogP contribution in [0.3, 0.4) is 0 Å². The highest BCUT2D eigenvalue weighted by atomic mass is 79.9. The molecule has 18 heavy (non-hydrogen) atoms. The third-order valence-corrected chi connectivity index (χ3v) is 3.01. The lowest BCUT2D eigenvalue weighted by Crippen LogP contribution is -2.04. The SMILES string of the molecule is CCCNc1nc(-c2cc(C)ccn2)ncc1Br. The molecule has 0 saturated heterocycles. The van der Waals surface area contributed by atoms with Crippen molar-refractivity contribution in [3.8, 4) is 11.5 Å². The number of anilines is 1. The second-order valence-electron chi connectivity index (χ2n) is 4.04. The van der Waals surface area contributed by atoms with Crippen molar-refractivity contribution in [2.45, 2.75) is 20.3 Å². The van der Waals surface area contributed by atoms with Crippen molar-refractivity contribution >= 4 is 21.7 Å². The Balaban J connectivity index is 2.34. The van der Waals surface area contributed by atoms with Gasteiger partial charge in [-0.25, -0.2) is 9.97 Å². The van der Waals surface area contributed by atoms with Crippen LogP contribution in [0.25, 0.3) is 11.5 Å². The van der Waals surface area contributed by atoms with E-state index in [-0.39, 0.29) is 0 Å². The molecular weight excluding hydrogens is 292 g/mol. The molecule has 0 aliphatic heterocycles. The van der Waals surface area contributed by atoms with Crippen LogP contribution in [-0.2, 0) is 0 Å². The van der Waals surface area contributed by atoms with Crippen LogP contribution in [0.4, 0.5) is 5.82 Å². The molecule has 0 radical (unpaired) electrons. The molecule has 0 unspecified atom stereocenters. The number of pyridine rings is 1. The molecule has 94 valence electrons. The topological polar surface area (TPSA) is 50.7 Å². The highest BCUT2D eigenvalue weighted by Gasteiger charge is 2.07. The van der Waals surface area contributed by atoms with Crippen molar-refractivity contribution in [3.05, 3.63) is 34.6 Å². The van der Waals surface area contributed by atoms with Gasteiger partial charge in [0.15, 0.2) is 5.82 Å². The van der Waals surface area contributed by atoms with Crippen LogP contribution >= 0.6 is 15.9 Å². The van der Waals surface area contributed by atoms with E-state index in [0.29, 0.717) is 5.82 Å². The number of halogens is 1. The molecule has 0 aromatic carbocycles. The summed E-state index contributed by atoms with van der Waals surface area (Å²) in [4.78, 5) is 13.1. The zero-order chi connectivity index (χ0) is 13.0. The molecule has 0 spiro atoms. The Kier molecular flexibility index (Phi) is 4.25. The van der Waals surface area contributed by atoms with Gasteiger partial charge in [-0.2, -0.15) is 0 Å². The summed E-state index contributed by atoms with van der Waals surface area (Å²) in [6, 6.07) is 3.94. The van der Waals surface area contributed by atoms with Crippen LogP contribution in [0.2, 0.25) is 0 Å². The average molecular weight is 307 g/mol. The molecule has 1 N–H and O–H groups in total. The zero-order valence-corrected chi connectivity index (χ0v) is 12.0. The van der Waals surface area contributed by atoms with Gasteiger partial charge in [-0.05, 0) is 47.0 Å². The van der Waals surface area contributed by atoms with E-state index >= 15 is 0 Å². The maximum Gasteiger partial charge on any atom is 0.180 e. The third kappa shape index (κ3) is 3.04. The maximum absolute atomic E-state index is 4.49. The molecule has 0 amide bonds. The number of rotatable bonds is 4. The summed E-state index contributed by atoms with van der Waals surface area (Å²) in [5.41, 5.74) is 1.94. The second kappa shape index (κ2) is 5.91. The summed E-state index contributed by atoms with van der Waals surface area (Å²) in [6.07, 6.45) is 4.58. The average Bonchev–Trinajstić information content (AvgIpc) is 2.38. The van der Waals surface area contributed by atoms with Gasteiger partial charge in [0.2, 0.25) is 0 Å². The quantitative estimate of drug-likeness (QED) is 0.940. The highest BCUT2D eigenvalue weighted by Crippen LogP contribution is 2.22. The predicted molar refractivity (Wildman–Crippen MR) is 76.5 cm³/mol. The van der Waals surface area contributed by atoms with Crippen LogP contribution in [0, 0.1) is 6.92 Å². The molecule has 0 fully saturated rings. The molecule has 2 aromatic heterocycles. The Labute approximate surface area is 115 Å². The van der Waals surface area contributed by atoms with E-state index in [1.807, 2.05) is 19.1 Å². The first-order valence-corrected chi connectivity index (χ1v) is 6.69. The Hall–Kier alpha value is -1.49. The largest absolute Gasteiger partial charge is 0.369 e. The fraction of sp³-hybridized carbons (Fsp3) is 0.308. The van der Waals surface area contributed by atoms with E-state index in [1.165, 1.54) is 0 Å². The molecule has 2 aromatic rings. The molecule has 0 bridgehead atoms. The van der Waals surface area contributed by atoms with E-state index in [4.69, 9.17) is 0 Å². The number of nitrogens with one attached hydrogen (secondary N) is 1. The van der Waals surface area contributed by atoms with Gasteiger partial charge in [0, 0.05) is 18.9 Å². The second-order valence-corrected chi connectivity index (χ2v) is 4.89. The van der Waals surface area contributed by atoms with E-state index in [0.717, 1.165) is 34.5 Å². The van der Waals surface area contributed by atoms with Crippen LogP contribution in [0.1, 0.15) is 18.9 Å². The lowest BCUT2D eigenvalue weighted by Gasteiger charge is -2.07. The number of aryl methyl sites for hydroxylation is 1. The van der Waals surface area contributed by atoms with Gasteiger partial charge in [0.25, 0.3) is 0 Å². The lowest BCUT2D eigenvalue weighted by atomic mass is 10.2. The van der Waals surface area contributed by atoms with Gasteiger partial charge in [0.05, 0.1) is 4.47 Å². The van der Waals surface area contributed by atoms with Gasteiger partial charge in [-0.1, -0.05) is 6.92 Å². The number of nitrogens with zero attached hydrogens (tertiary/aromatic N) is 3. The number of hydrogen-bond acceptors (Lipinski definition) is 4. The van der Waals surface area contributed by atoms with E-state index in [9.17, 15) is 0 Å². The smallest absolute Gasteiger partial charge is 0.180 e. The first kappa shape index (κ1) is 13.0. The maximum atomic E-state index is 4.49. The summed E-state index contributed by atoms with van der Waals surface area (Å²) < 4.78 is 0.868. The number of aromatic nitrogens is 3. The highest BCUT2D eigenvalue weighted by molar-refractivity contribution is 9.10. The molecule has 0 aliphatic carbocycles. The van der Waals surface area contributed by atoms with Crippen LogP contribution in [0.5, 0.6) is 0 Å². The van der Waals surface area contributed by atoms with Crippen molar-refractivity contribution in [3.63, 3.8) is 0 Å². The van der Waals surface area contributed by atoms with Crippen molar-refractivity contribution < 1.29 is 0 Å². The Morgan fingerprint density at radius 3 is 2.89 bits per heavy atom. The van der Waals surface area contributed by atoms with Crippen molar-refractivity contribution in [1.29, 1.82) is 0 Å². The molecule has 2 rings (SSSR count). The standard InChI is InChI=1S/C13H15BrN4/c1-3-5-16-12-10(14)8-17-13(18-12)11-7-9(2)4-6-15-11/h4,6-8H,3,5H2,1-2H3,(H,16,17,18). The number of hydrogen-bond donors (Lipinski definition) is 1. The zero-order valence-electron chi connectivity index (χ0n) is 10.4. The molecular formula is C13H15BrN4.